The van der Waals surface area contributed by atoms with Gasteiger partial charge in [-0.05, 0) is 59.5 Å². The van der Waals surface area contributed by atoms with E-state index >= 15 is 0 Å². The molecule has 5 aromatic rings. The Hall–Kier alpha value is -3.41. The first kappa shape index (κ1) is 21.4. The van der Waals surface area contributed by atoms with E-state index in [1.165, 1.54) is 23.0 Å². The lowest BCUT2D eigenvalue weighted by atomic mass is 10.1. The fraction of sp³-hybridized carbons (Fsp3) is 0.148. The van der Waals surface area contributed by atoms with Gasteiger partial charge in [0.25, 0.3) is 0 Å². The molecule has 0 radical (unpaired) electrons. The molecule has 0 spiro atoms. The smallest absolute Gasteiger partial charge is 0.123 e. The molecule has 0 amide bonds. The van der Waals surface area contributed by atoms with Gasteiger partial charge in [0, 0.05) is 41.6 Å². The van der Waals surface area contributed by atoms with Crippen molar-refractivity contribution in [1.29, 1.82) is 0 Å². The Morgan fingerprint density at radius 3 is 2.45 bits per heavy atom. The number of aryl methyl sites for hydroxylation is 1. The van der Waals surface area contributed by atoms with Gasteiger partial charge in [-0.2, -0.15) is 0 Å². The van der Waals surface area contributed by atoms with Crippen molar-refractivity contribution >= 4 is 22.5 Å². The van der Waals surface area contributed by atoms with Crippen LogP contribution in [0.4, 0.5) is 4.39 Å². The van der Waals surface area contributed by atoms with E-state index < -0.39 is 0 Å². The van der Waals surface area contributed by atoms with Crippen LogP contribution in [0.5, 0.6) is 0 Å². The average molecular weight is 460 g/mol. The predicted octanol–water partition coefficient (Wildman–Crippen LogP) is 6.46. The minimum atomic E-state index is -0.248. The number of nitrogens with zero attached hydrogens (tertiary/aromatic N) is 3. The molecule has 0 fully saturated rings. The van der Waals surface area contributed by atoms with Crippen molar-refractivity contribution in [3.05, 3.63) is 119 Å². The Balaban J connectivity index is 1.37. The number of para-hydroxylation sites is 1. The average Bonchev–Trinajstić information content (AvgIpc) is 3.37. The zero-order valence-electron chi connectivity index (χ0n) is 18.2. The maximum Gasteiger partial charge on any atom is 0.123 e. The number of halogens is 2. The molecule has 0 N–H and O–H groups in total. The second-order valence-electron chi connectivity index (χ2n) is 8.04. The van der Waals surface area contributed by atoms with Crippen LogP contribution in [0.15, 0.2) is 85.1 Å². The van der Waals surface area contributed by atoms with Gasteiger partial charge in [-0.1, -0.05) is 41.9 Å². The third kappa shape index (κ3) is 4.70. The molecular weight excluding hydrogens is 437 g/mol. The zero-order valence-corrected chi connectivity index (χ0v) is 19.0. The van der Waals surface area contributed by atoms with E-state index in [2.05, 4.69) is 29.8 Å². The van der Waals surface area contributed by atoms with Crippen LogP contribution in [0.25, 0.3) is 16.6 Å². The molecule has 4 nitrogen and oxygen atoms in total. The van der Waals surface area contributed by atoms with Crippen LogP contribution in [0.1, 0.15) is 22.8 Å². The molecule has 3 aromatic carbocycles. The van der Waals surface area contributed by atoms with E-state index in [4.69, 9.17) is 21.3 Å². The number of imidazole rings is 1. The van der Waals surface area contributed by atoms with Crippen LogP contribution < -0.4 is 0 Å². The van der Waals surface area contributed by atoms with E-state index in [9.17, 15) is 4.39 Å². The Morgan fingerprint density at radius 2 is 1.70 bits per heavy atom. The van der Waals surface area contributed by atoms with Crippen molar-refractivity contribution in [2.24, 2.45) is 7.05 Å². The highest BCUT2D eigenvalue weighted by Crippen LogP contribution is 2.21. The number of hydrogen-bond donors (Lipinski definition) is 0. The first-order valence-corrected chi connectivity index (χ1v) is 11.1. The standard InChI is InChI=1S/C27H23ClFN3O/c1-31-25(15-20-4-2-3-5-26(20)31)18-33-17-23-16-32(24-12-8-21(28)9-13-24)27(30-23)14-19-6-10-22(29)11-7-19/h2-13,15-16H,14,17-18H2,1H3. The second-order valence-corrected chi connectivity index (χ2v) is 8.48. The molecule has 5 rings (SSSR count). The molecule has 0 unspecified atom stereocenters. The lowest BCUT2D eigenvalue weighted by molar-refractivity contribution is 0.101. The Kier molecular flexibility index (Phi) is 5.99. The molecule has 0 atom stereocenters. The number of benzene rings is 3. The second kappa shape index (κ2) is 9.22. The van der Waals surface area contributed by atoms with Crippen LogP contribution in [0.3, 0.4) is 0 Å². The Morgan fingerprint density at radius 1 is 0.939 bits per heavy atom. The predicted molar refractivity (Wildman–Crippen MR) is 129 cm³/mol. The number of hydrogen-bond acceptors (Lipinski definition) is 2. The van der Waals surface area contributed by atoms with Crippen LogP contribution in [0, 0.1) is 5.82 Å². The molecule has 2 aromatic heterocycles. The molecular formula is C27H23ClFN3O. The quantitative estimate of drug-likeness (QED) is 0.279. The molecule has 0 aliphatic heterocycles. The molecule has 0 saturated heterocycles. The normalized spacial score (nSPS) is 11.4. The summed E-state index contributed by atoms with van der Waals surface area (Å²) in [5, 5.41) is 1.88. The third-order valence-electron chi connectivity index (χ3n) is 5.76. The van der Waals surface area contributed by atoms with Crippen molar-refractivity contribution in [2.45, 2.75) is 19.6 Å². The maximum atomic E-state index is 13.3. The van der Waals surface area contributed by atoms with Gasteiger partial charge in [-0.3, -0.25) is 0 Å². The van der Waals surface area contributed by atoms with Gasteiger partial charge in [-0.25, -0.2) is 9.37 Å². The summed E-state index contributed by atoms with van der Waals surface area (Å²) in [6, 6.07) is 24.6. The highest BCUT2D eigenvalue weighted by atomic mass is 35.5. The van der Waals surface area contributed by atoms with Crippen LogP contribution in [0.2, 0.25) is 5.02 Å². The van der Waals surface area contributed by atoms with E-state index in [0.717, 1.165) is 28.5 Å². The minimum Gasteiger partial charge on any atom is -0.369 e. The summed E-state index contributed by atoms with van der Waals surface area (Å²) in [6.45, 7) is 0.880. The fourth-order valence-electron chi connectivity index (χ4n) is 4.02. The van der Waals surface area contributed by atoms with Crippen molar-refractivity contribution in [3.8, 4) is 5.69 Å². The zero-order chi connectivity index (χ0) is 22.8. The van der Waals surface area contributed by atoms with Gasteiger partial charge >= 0.3 is 0 Å². The molecule has 33 heavy (non-hydrogen) atoms. The van der Waals surface area contributed by atoms with Gasteiger partial charge in [0.1, 0.15) is 11.6 Å². The van der Waals surface area contributed by atoms with E-state index in [1.807, 2.05) is 47.2 Å². The van der Waals surface area contributed by atoms with E-state index in [0.29, 0.717) is 24.7 Å². The van der Waals surface area contributed by atoms with Crippen molar-refractivity contribution in [3.63, 3.8) is 0 Å². The number of fused-ring (bicyclic) bond motifs is 1. The molecule has 0 aliphatic carbocycles. The summed E-state index contributed by atoms with van der Waals surface area (Å²) in [7, 11) is 2.05. The Labute approximate surface area is 196 Å². The van der Waals surface area contributed by atoms with Crippen LogP contribution in [-0.2, 0) is 31.4 Å². The van der Waals surface area contributed by atoms with Crippen molar-refractivity contribution in [1.82, 2.24) is 14.1 Å². The van der Waals surface area contributed by atoms with Crippen molar-refractivity contribution < 1.29 is 9.13 Å². The molecule has 6 heteroatoms. The highest BCUT2D eigenvalue weighted by molar-refractivity contribution is 6.30. The summed E-state index contributed by atoms with van der Waals surface area (Å²) in [4.78, 5) is 4.83. The summed E-state index contributed by atoms with van der Waals surface area (Å²) in [6.07, 6.45) is 2.57. The highest BCUT2D eigenvalue weighted by Gasteiger charge is 2.12. The van der Waals surface area contributed by atoms with Crippen LogP contribution >= 0.6 is 11.6 Å². The molecule has 0 saturated carbocycles. The van der Waals surface area contributed by atoms with E-state index in [-0.39, 0.29) is 5.82 Å². The minimum absolute atomic E-state index is 0.248. The topological polar surface area (TPSA) is 32.0 Å². The molecule has 2 heterocycles. The Bertz CT molecular complexity index is 1390. The first-order valence-electron chi connectivity index (χ1n) is 10.8. The van der Waals surface area contributed by atoms with Crippen molar-refractivity contribution in [2.75, 3.05) is 0 Å². The summed E-state index contributed by atoms with van der Waals surface area (Å²) < 4.78 is 23.6. The van der Waals surface area contributed by atoms with Gasteiger partial charge in [0.15, 0.2) is 0 Å². The number of aromatic nitrogens is 3. The van der Waals surface area contributed by atoms with Gasteiger partial charge in [0.05, 0.1) is 18.9 Å². The largest absolute Gasteiger partial charge is 0.369 e. The lowest BCUT2D eigenvalue weighted by Gasteiger charge is -2.08. The van der Waals surface area contributed by atoms with E-state index in [1.54, 1.807) is 12.1 Å². The first-order chi connectivity index (χ1) is 16.1. The number of rotatable bonds is 7. The summed E-state index contributed by atoms with van der Waals surface area (Å²) in [5.41, 5.74) is 5.08. The lowest BCUT2D eigenvalue weighted by Crippen LogP contribution is -2.01. The molecule has 166 valence electrons. The van der Waals surface area contributed by atoms with Gasteiger partial charge in [-0.15, -0.1) is 0 Å². The third-order valence-corrected chi connectivity index (χ3v) is 6.01. The fourth-order valence-corrected chi connectivity index (χ4v) is 4.15. The monoisotopic (exact) mass is 459 g/mol. The van der Waals surface area contributed by atoms with Gasteiger partial charge < -0.3 is 13.9 Å². The summed E-state index contributed by atoms with van der Waals surface area (Å²) in [5.74, 6) is 0.606. The SMILES string of the molecule is Cn1c(COCc2cn(-c3ccc(Cl)cc3)c(Cc3ccc(F)cc3)n2)cc2ccccc21. The number of ether oxygens (including phenoxy) is 1. The van der Waals surface area contributed by atoms with Gasteiger partial charge in [0.2, 0.25) is 0 Å². The maximum absolute atomic E-state index is 13.3. The van der Waals surface area contributed by atoms with Crippen LogP contribution in [-0.4, -0.2) is 14.1 Å². The molecule has 0 bridgehead atoms. The summed E-state index contributed by atoms with van der Waals surface area (Å²) >= 11 is 6.08. The molecule has 0 aliphatic rings.